The van der Waals surface area contributed by atoms with Crippen LogP contribution >= 0.6 is 0 Å². The van der Waals surface area contributed by atoms with Gasteiger partial charge in [0.05, 0.1) is 19.9 Å². The molecule has 4 aliphatic rings. The van der Waals surface area contributed by atoms with E-state index in [-0.39, 0.29) is 5.54 Å². The Hall–Kier alpha value is -2.24. The molecule has 0 aliphatic heterocycles. The van der Waals surface area contributed by atoms with Gasteiger partial charge in [0.15, 0.2) is 0 Å². The molecule has 0 heterocycles. The zero-order chi connectivity index (χ0) is 18.3. The highest BCUT2D eigenvalue weighted by molar-refractivity contribution is 6.40. The number of hydrogen-bond donors (Lipinski definition) is 2. The summed E-state index contributed by atoms with van der Waals surface area (Å²) in [6.07, 6.45) is 6.93. The Morgan fingerprint density at radius 1 is 0.962 bits per heavy atom. The summed E-state index contributed by atoms with van der Waals surface area (Å²) >= 11 is 0. The molecule has 6 nitrogen and oxygen atoms in total. The fraction of sp³-hybridized carbons (Fsp3) is 0.600. The van der Waals surface area contributed by atoms with Crippen molar-refractivity contribution in [3.05, 3.63) is 18.2 Å². The van der Waals surface area contributed by atoms with Crippen LogP contribution < -0.4 is 20.1 Å². The Morgan fingerprint density at radius 3 is 2.12 bits per heavy atom. The van der Waals surface area contributed by atoms with Gasteiger partial charge in [-0.1, -0.05) is 0 Å². The van der Waals surface area contributed by atoms with Crippen molar-refractivity contribution in [2.24, 2.45) is 17.8 Å². The molecule has 4 fully saturated rings. The van der Waals surface area contributed by atoms with Crippen LogP contribution in [-0.4, -0.2) is 31.6 Å². The topological polar surface area (TPSA) is 76.7 Å². The molecule has 5 rings (SSSR count). The Labute approximate surface area is 153 Å². The first-order valence-electron chi connectivity index (χ1n) is 9.36. The van der Waals surface area contributed by atoms with Crippen LogP contribution in [0.1, 0.15) is 38.5 Å². The van der Waals surface area contributed by atoms with E-state index in [1.54, 1.807) is 25.3 Å². The van der Waals surface area contributed by atoms with Crippen molar-refractivity contribution in [2.75, 3.05) is 19.5 Å². The molecule has 140 valence electrons. The maximum Gasteiger partial charge on any atom is 0.313 e. The Morgan fingerprint density at radius 2 is 1.58 bits per heavy atom. The summed E-state index contributed by atoms with van der Waals surface area (Å²) < 4.78 is 10.4. The van der Waals surface area contributed by atoms with Gasteiger partial charge in [0.2, 0.25) is 0 Å². The second kappa shape index (κ2) is 6.49. The summed E-state index contributed by atoms with van der Waals surface area (Å²) in [6.45, 7) is 0. The molecule has 0 unspecified atom stereocenters. The molecule has 0 radical (unpaired) electrons. The number of carbonyl (C=O) groups is 2. The molecule has 0 aromatic heterocycles. The second-order valence-corrected chi connectivity index (χ2v) is 8.17. The predicted molar refractivity (Wildman–Crippen MR) is 97.2 cm³/mol. The van der Waals surface area contributed by atoms with E-state index in [1.165, 1.54) is 26.4 Å². The van der Waals surface area contributed by atoms with Gasteiger partial charge in [-0.15, -0.1) is 0 Å². The van der Waals surface area contributed by atoms with E-state index in [2.05, 4.69) is 10.6 Å². The zero-order valence-corrected chi connectivity index (χ0v) is 15.3. The maximum absolute atomic E-state index is 12.6. The van der Waals surface area contributed by atoms with Crippen LogP contribution in [0, 0.1) is 17.8 Å². The van der Waals surface area contributed by atoms with Crippen molar-refractivity contribution < 1.29 is 19.1 Å². The average molecular weight is 358 g/mol. The van der Waals surface area contributed by atoms with Crippen LogP contribution in [0.5, 0.6) is 11.5 Å². The SMILES string of the molecule is COc1ccc(OC)c(NC(=O)C(=O)NC23CC4CC(CC(C4)C2)C3)c1. The van der Waals surface area contributed by atoms with Crippen LogP contribution in [0.2, 0.25) is 0 Å². The summed E-state index contributed by atoms with van der Waals surface area (Å²) in [4.78, 5) is 25.1. The monoisotopic (exact) mass is 358 g/mol. The molecule has 4 saturated carbocycles. The van der Waals surface area contributed by atoms with Crippen molar-refractivity contribution in [3.63, 3.8) is 0 Å². The highest BCUT2D eigenvalue weighted by Crippen LogP contribution is 2.55. The van der Waals surface area contributed by atoms with Crippen LogP contribution in [0.3, 0.4) is 0 Å². The summed E-state index contributed by atoms with van der Waals surface area (Å²) in [5.74, 6) is 1.99. The van der Waals surface area contributed by atoms with Crippen molar-refractivity contribution in [1.82, 2.24) is 5.32 Å². The number of nitrogens with one attached hydrogen (secondary N) is 2. The van der Waals surface area contributed by atoms with Crippen molar-refractivity contribution in [1.29, 1.82) is 0 Å². The number of ether oxygens (including phenoxy) is 2. The van der Waals surface area contributed by atoms with Gasteiger partial charge >= 0.3 is 11.8 Å². The molecule has 1 aromatic rings. The molecule has 6 heteroatoms. The summed E-state index contributed by atoms with van der Waals surface area (Å²) in [6, 6.07) is 5.09. The van der Waals surface area contributed by atoms with Gasteiger partial charge < -0.3 is 20.1 Å². The van der Waals surface area contributed by atoms with Gasteiger partial charge in [0.25, 0.3) is 0 Å². The smallest absolute Gasteiger partial charge is 0.313 e. The van der Waals surface area contributed by atoms with Gasteiger partial charge in [0, 0.05) is 11.6 Å². The number of amides is 2. The largest absolute Gasteiger partial charge is 0.497 e. The van der Waals surface area contributed by atoms with Gasteiger partial charge in [-0.25, -0.2) is 0 Å². The summed E-state index contributed by atoms with van der Waals surface area (Å²) in [5, 5.41) is 5.75. The lowest BCUT2D eigenvalue weighted by Crippen LogP contribution is -2.61. The van der Waals surface area contributed by atoms with Crippen LogP contribution in [0.15, 0.2) is 18.2 Å². The van der Waals surface area contributed by atoms with Crippen LogP contribution in [0.25, 0.3) is 0 Å². The molecule has 2 amide bonds. The van der Waals surface area contributed by atoms with Crippen LogP contribution in [0.4, 0.5) is 5.69 Å². The normalized spacial score (nSPS) is 31.4. The van der Waals surface area contributed by atoms with E-state index < -0.39 is 11.8 Å². The minimum Gasteiger partial charge on any atom is -0.497 e. The zero-order valence-electron chi connectivity index (χ0n) is 15.3. The summed E-state index contributed by atoms with van der Waals surface area (Å²) in [7, 11) is 3.07. The number of anilines is 1. The molecule has 0 spiro atoms. The summed E-state index contributed by atoms with van der Waals surface area (Å²) in [5.41, 5.74) is 0.249. The quantitative estimate of drug-likeness (QED) is 0.812. The average Bonchev–Trinajstić information content (AvgIpc) is 2.60. The molecule has 4 aliphatic carbocycles. The maximum atomic E-state index is 12.6. The minimum absolute atomic E-state index is 0.179. The Bertz CT molecular complexity index is 695. The van der Waals surface area contributed by atoms with E-state index in [0.717, 1.165) is 19.3 Å². The predicted octanol–water partition coefficient (Wildman–Crippen LogP) is 2.73. The van der Waals surface area contributed by atoms with Gasteiger partial charge in [-0.3, -0.25) is 9.59 Å². The van der Waals surface area contributed by atoms with Gasteiger partial charge in [-0.05, 0) is 68.4 Å². The van der Waals surface area contributed by atoms with Crippen LogP contribution in [-0.2, 0) is 9.59 Å². The third-order valence-corrected chi connectivity index (χ3v) is 6.28. The Balaban J connectivity index is 1.45. The third-order valence-electron chi connectivity index (χ3n) is 6.28. The highest BCUT2D eigenvalue weighted by Gasteiger charge is 2.51. The number of carbonyl (C=O) groups excluding carboxylic acids is 2. The first-order chi connectivity index (χ1) is 12.5. The molecular formula is C20H26N2O4. The molecular weight excluding hydrogens is 332 g/mol. The molecule has 1 aromatic carbocycles. The number of methoxy groups -OCH3 is 2. The molecule has 26 heavy (non-hydrogen) atoms. The highest BCUT2D eigenvalue weighted by atomic mass is 16.5. The molecule has 0 saturated heterocycles. The Kier molecular flexibility index (Phi) is 4.29. The number of hydrogen-bond acceptors (Lipinski definition) is 4. The van der Waals surface area contributed by atoms with Crippen molar-refractivity contribution in [2.45, 2.75) is 44.1 Å². The fourth-order valence-electron chi connectivity index (χ4n) is 5.65. The van der Waals surface area contributed by atoms with E-state index >= 15 is 0 Å². The first kappa shape index (κ1) is 17.2. The van der Waals surface area contributed by atoms with E-state index in [1.807, 2.05) is 0 Å². The number of benzene rings is 1. The standard InChI is InChI=1S/C20H26N2O4/c1-25-15-3-4-17(26-2)16(8-15)21-18(23)19(24)22-20-9-12-5-13(10-20)7-14(6-12)11-20/h3-4,8,12-14H,5-7,9-11H2,1-2H3,(H,21,23)(H,22,24). The molecule has 4 bridgehead atoms. The lowest BCUT2D eigenvalue weighted by Gasteiger charge is -2.56. The second-order valence-electron chi connectivity index (χ2n) is 8.17. The number of rotatable bonds is 4. The lowest BCUT2D eigenvalue weighted by molar-refractivity contribution is -0.139. The third kappa shape index (κ3) is 3.13. The van der Waals surface area contributed by atoms with E-state index in [4.69, 9.17) is 9.47 Å². The van der Waals surface area contributed by atoms with E-state index in [9.17, 15) is 9.59 Å². The lowest BCUT2D eigenvalue weighted by atomic mass is 9.53. The van der Waals surface area contributed by atoms with Crippen molar-refractivity contribution in [3.8, 4) is 11.5 Å². The molecule has 0 atom stereocenters. The molecule has 2 N–H and O–H groups in total. The fourth-order valence-corrected chi connectivity index (χ4v) is 5.65. The minimum atomic E-state index is -0.660. The van der Waals surface area contributed by atoms with Gasteiger partial charge in [0.1, 0.15) is 11.5 Å². The van der Waals surface area contributed by atoms with E-state index in [0.29, 0.717) is 34.9 Å². The first-order valence-corrected chi connectivity index (χ1v) is 9.36. The van der Waals surface area contributed by atoms with Crippen molar-refractivity contribution >= 4 is 17.5 Å². The van der Waals surface area contributed by atoms with Gasteiger partial charge in [-0.2, -0.15) is 0 Å².